The Hall–Kier alpha value is -5.88. The number of ether oxygens (including phenoxy) is 4. The van der Waals surface area contributed by atoms with Crippen molar-refractivity contribution in [3.63, 3.8) is 0 Å². The molecule has 1 atom stereocenters. The van der Waals surface area contributed by atoms with Crippen molar-refractivity contribution in [1.82, 2.24) is 24.9 Å². The molecule has 20 nitrogen and oxygen atoms in total. The summed E-state index contributed by atoms with van der Waals surface area (Å²) in [6, 6.07) is 13.7. The summed E-state index contributed by atoms with van der Waals surface area (Å²) < 4.78 is 51.2. The number of primary amides is 1. The number of nitrogens with two attached hydrogens (primary N) is 1. The van der Waals surface area contributed by atoms with E-state index in [1.54, 1.807) is 56.4 Å². The van der Waals surface area contributed by atoms with E-state index in [4.69, 9.17) is 24.7 Å². The summed E-state index contributed by atoms with van der Waals surface area (Å²) in [6.45, 7) is 6.18. The lowest BCUT2D eigenvalue weighted by atomic mass is 10.0. The van der Waals surface area contributed by atoms with Crippen LogP contribution in [0.2, 0.25) is 0 Å². The smallest absolute Gasteiger partial charge is 0.264 e. The number of aromatic nitrogens is 2. The maximum absolute atomic E-state index is 13.2. The number of rotatable bonds is 24. The van der Waals surface area contributed by atoms with Crippen molar-refractivity contribution in [3.8, 4) is 0 Å². The quantitative estimate of drug-likeness (QED) is 0.0434. The summed E-state index contributed by atoms with van der Waals surface area (Å²) in [5.41, 5.74) is 9.18. The number of hydrogen-bond donors (Lipinski definition) is 6. The molecule has 5 amide bonds. The highest BCUT2D eigenvalue weighted by atomic mass is 79.9. The normalized spacial score (nSPS) is 15.0. The van der Waals surface area contributed by atoms with Gasteiger partial charge in [0.05, 0.1) is 84.6 Å². The molecule has 1 aromatic heterocycles. The van der Waals surface area contributed by atoms with Gasteiger partial charge in [0, 0.05) is 37.1 Å². The number of amides is 5. The number of aryl methyl sites for hydroxylation is 2. The Labute approximate surface area is 377 Å². The molecule has 64 heavy (non-hydrogen) atoms. The molecular weight excluding hydrogens is 918 g/mol. The number of hydrogen-bond acceptors (Lipinski definition) is 16. The van der Waals surface area contributed by atoms with Crippen LogP contribution in [0.4, 0.5) is 28.8 Å². The molecule has 4 aromatic rings. The van der Waals surface area contributed by atoms with Gasteiger partial charge in [-0.05, 0) is 83.7 Å². The number of sulfonamides is 1. The topological polar surface area (TPSA) is 272 Å². The van der Waals surface area contributed by atoms with Crippen LogP contribution in [0.5, 0.6) is 0 Å². The highest BCUT2D eigenvalue weighted by molar-refractivity contribution is 9.10. The summed E-state index contributed by atoms with van der Waals surface area (Å²) in [6.07, 6.45) is 1.67. The van der Waals surface area contributed by atoms with Crippen molar-refractivity contribution in [3.05, 3.63) is 93.1 Å². The van der Waals surface area contributed by atoms with E-state index >= 15 is 0 Å². The first-order chi connectivity index (χ1) is 30.7. The number of piperidine rings is 1. The van der Waals surface area contributed by atoms with Crippen molar-refractivity contribution >= 4 is 84.3 Å². The average molecular weight is 967 g/mol. The lowest BCUT2D eigenvalue weighted by molar-refractivity contribution is -0.136. The molecule has 2 aliphatic heterocycles. The Morgan fingerprint density at radius 1 is 0.828 bits per heavy atom. The first-order valence-electron chi connectivity index (χ1n) is 20.2. The second-order valence-corrected chi connectivity index (χ2v) is 17.0. The van der Waals surface area contributed by atoms with Crippen LogP contribution in [0.25, 0.3) is 0 Å². The molecule has 3 aromatic carbocycles. The zero-order valence-corrected chi connectivity index (χ0v) is 37.4. The number of carbonyl (C=O) groups excluding carboxylic acids is 5. The first-order valence-corrected chi connectivity index (χ1v) is 22.5. The van der Waals surface area contributed by atoms with Crippen LogP contribution in [-0.4, -0.2) is 125 Å². The Balaban J connectivity index is 0.808. The largest absolute Gasteiger partial charge is 0.382 e. The molecule has 0 spiro atoms. The average Bonchev–Trinajstić information content (AvgIpc) is 3.51. The van der Waals surface area contributed by atoms with E-state index < -0.39 is 45.6 Å². The molecular formula is C42H48BrN9O11S. The van der Waals surface area contributed by atoms with E-state index in [1.807, 2.05) is 0 Å². The number of nitrogens with one attached hydrogen (secondary N) is 5. The number of carbonyl (C=O) groups is 5. The molecule has 7 N–H and O–H groups in total. The Morgan fingerprint density at radius 3 is 2.16 bits per heavy atom. The van der Waals surface area contributed by atoms with Gasteiger partial charge < -0.3 is 40.6 Å². The van der Waals surface area contributed by atoms with E-state index in [2.05, 4.69) is 51.9 Å². The highest BCUT2D eigenvalue weighted by Crippen LogP contribution is 2.33. The second-order valence-electron chi connectivity index (χ2n) is 14.4. The molecule has 3 heterocycles. The van der Waals surface area contributed by atoms with E-state index in [-0.39, 0.29) is 61.2 Å². The number of anilines is 5. The van der Waals surface area contributed by atoms with Crippen molar-refractivity contribution in [2.45, 2.75) is 37.6 Å². The lowest BCUT2D eigenvalue weighted by Gasteiger charge is -2.27. The molecule has 0 aliphatic carbocycles. The minimum absolute atomic E-state index is 0.0441. The third-order valence-electron chi connectivity index (χ3n) is 9.96. The zero-order chi connectivity index (χ0) is 45.8. The minimum Gasteiger partial charge on any atom is -0.382 e. The minimum atomic E-state index is -3.83. The predicted molar refractivity (Wildman–Crippen MR) is 237 cm³/mol. The van der Waals surface area contributed by atoms with Gasteiger partial charge in [-0.25, -0.2) is 18.1 Å². The van der Waals surface area contributed by atoms with Gasteiger partial charge in [0.25, 0.3) is 17.7 Å². The standard InChI is InChI=1S/C42H48BrN9O11S/c1-25-5-3-8-32(35(25)37(44)54)48-38-29(43)24-46-42(51-38)49-30-10-9-27(23-26(30)2)64(58,59)47-14-16-61-18-20-63-22-21-62-19-17-60-15-13-45-31-7-4-6-28-36(31)41(57)52(40(28)56)33-11-12-34(53)50-39(33)55/h3-10,23-24,33,45,47H,11-22H2,1-2H3,(H2,44,54)(H,50,53,55)(H2,46,48,49,51). The van der Waals surface area contributed by atoms with E-state index in [0.717, 1.165) is 4.90 Å². The van der Waals surface area contributed by atoms with Crippen molar-refractivity contribution < 1.29 is 51.3 Å². The maximum atomic E-state index is 13.2. The van der Waals surface area contributed by atoms with Crippen LogP contribution in [0.15, 0.2) is 70.2 Å². The van der Waals surface area contributed by atoms with Gasteiger partial charge >= 0.3 is 0 Å². The number of halogens is 1. The maximum Gasteiger partial charge on any atom is 0.264 e. The molecule has 340 valence electrons. The van der Waals surface area contributed by atoms with E-state index in [1.165, 1.54) is 18.2 Å². The molecule has 2 aliphatic rings. The second kappa shape index (κ2) is 22.2. The molecule has 0 radical (unpaired) electrons. The van der Waals surface area contributed by atoms with E-state index in [0.29, 0.717) is 83.6 Å². The van der Waals surface area contributed by atoms with Crippen LogP contribution >= 0.6 is 15.9 Å². The number of fused-ring (bicyclic) bond motifs is 1. The number of benzene rings is 3. The zero-order valence-electron chi connectivity index (χ0n) is 35.0. The highest BCUT2D eigenvalue weighted by Gasteiger charge is 2.45. The Kier molecular flexibility index (Phi) is 16.5. The summed E-state index contributed by atoms with van der Waals surface area (Å²) in [5.74, 6) is -2.22. The van der Waals surface area contributed by atoms with Gasteiger partial charge in [-0.3, -0.25) is 34.2 Å². The van der Waals surface area contributed by atoms with Crippen molar-refractivity contribution in [2.75, 3.05) is 81.9 Å². The molecule has 1 unspecified atom stereocenters. The fraction of sp³-hybridized carbons (Fsp3) is 0.357. The third kappa shape index (κ3) is 12.0. The van der Waals surface area contributed by atoms with Crippen LogP contribution < -0.4 is 31.7 Å². The van der Waals surface area contributed by atoms with Gasteiger partial charge in [-0.2, -0.15) is 4.98 Å². The van der Waals surface area contributed by atoms with Crippen molar-refractivity contribution in [1.29, 1.82) is 0 Å². The van der Waals surface area contributed by atoms with Crippen LogP contribution in [0.3, 0.4) is 0 Å². The van der Waals surface area contributed by atoms with Gasteiger partial charge in [0.15, 0.2) is 0 Å². The monoisotopic (exact) mass is 965 g/mol. The molecule has 1 saturated heterocycles. The SMILES string of the molecule is Cc1cc(S(=O)(=O)NCCOCCOCCOCCOCCNc2cccc3c2C(=O)N(C2CCC(=O)NC2=O)C3=O)ccc1Nc1ncc(Br)c(Nc2cccc(C)c2C(N)=O)n1. The summed E-state index contributed by atoms with van der Waals surface area (Å²) in [4.78, 5) is 72.0. The van der Waals surface area contributed by atoms with E-state index in [9.17, 15) is 32.4 Å². The van der Waals surface area contributed by atoms with Crippen LogP contribution in [-0.2, 0) is 38.6 Å². The van der Waals surface area contributed by atoms with Crippen LogP contribution in [0, 0.1) is 13.8 Å². The van der Waals surface area contributed by atoms with Crippen LogP contribution in [0.1, 0.15) is 55.0 Å². The summed E-state index contributed by atoms with van der Waals surface area (Å²) in [7, 11) is -3.83. The molecule has 6 rings (SSSR count). The lowest BCUT2D eigenvalue weighted by Crippen LogP contribution is -2.54. The van der Waals surface area contributed by atoms with Gasteiger partial charge in [0.1, 0.15) is 11.9 Å². The number of nitrogens with zero attached hydrogens (tertiary/aromatic N) is 3. The number of imide groups is 2. The molecule has 0 saturated carbocycles. The molecule has 0 bridgehead atoms. The Morgan fingerprint density at radius 2 is 1.48 bits per heavy atom. The van der Waals surface area contributed by atoms with Crippen molar-refractivity contribution in [2.24, 2.45) is 5.73 Å². The fourth-order valence-electron chi connectivity index (χ4n) is 6.82. The third-order valence-corrected chi connectivity index (χ3v) is 12.0. The van der Waals surface area contributed by atoms with Gasteiger partial charge in [-0.1, -0.05) is 18.2 Å². The van der Waals surface area contributed by atoms with Gasteiger partial charge in [-0.15, -0.1) is 0 Å². The fourth-order valence-corrected chi connectivity index (χ4v) is 8.21. The first kappa shape index (κ1) is 47.6. The summed E-state index contributed by atoms with van der Waals surface area (Å²) >= 11 is 3.43. The predicted octanol–water partition coefficient (Wildman–Crippen LogP) is 3.30. The molecule has 1 fully saturated rings. The van der Waals surface area contributed by atoms with Gasteiger partial charge in [0.2, 0.25) is 27.8 Å². The molecule has 22 heteroatoms. The Bertz CT molecular complexity index is 2510. The summed E-state index contributed by atoms with van der Waals surface area (Å²) in [5, 5.41) is 11.5.